The van der Waals surface area contributed by atoms with Crippen molar-refractivity contribution >= 4 is 19.7 Å². The van der Waals surface area contributed by atoms with Crippen LogP contribution >= 0.6 is 7.82 Å². The van der Waals surface area contributed by atoms with Gasteiger partial charge in [0.2, 0.25) is 5.91 Å². The summed E-state index contributed by atoms with van der Waals surface area (Å²) < 4.78 is 26.9. The standard InChI is InChI=1S/C50H86NO8P/c1-3-5-7-9-11-13-15-17-19-21-22-23-24-25-26-27-29-31-33-35-37-39-41-43-50(54)57-46-48(52)47-59-60(55,56)58-45-44-51-49(53)42-40-38-36-34-32-30-28-20-18-16-14-12-10-8-6-4-2/h5,7,11,13,17,19,22-23,25-26,29,31,35,37,48,52H,3-4,6,8-10,12,14-16,18,20-21,24,27-28,30,32-34,36,38-47H2,1-2H3,(H,51,53)(H,55,56)/b7-5-,13-11-,19-17-,23-22-,26-25-,31-29-,37-35-. The van der Waals surface area contributed by atoms with Crippen molar-refractivity contribution in [1.29, 1.82) is 0 Å². The summed E-state index contributed by atoms with van der Waals surface area (Å²) in [7, 11) is -4.44. The second-order valence-electron chi connectivity index (χ2n) is 15.4. The number of carbonyl (C=O) groups is 2. The molecule has 0 spiro atoms. The Kier molecular flexibility index (Phi) is 43.6. The van der Waals surface area contributed by atoms with Crippen molar-refractivity contribution in [3.63, 3.8) is 0 Å². The van der Waals surface area contributed by atoms with Crippen molar-refractivity contribution in [3.8, 4) is 0 Å². The van der Waals surface area contributed by atoms with Crippen LogP contribution in [0.5, 0.6) is 0 Å². The van der Waals surface area contributed by atoms with Crippen LogP contribution in [0.4, 0.5) is 0 Å². The van der Waals surface area contributed by atoms with Gasteiger partial charge in [0, 0.05) is 19.4 Å². The van der Waals surface area contributed by atoms with Gasteiger partial charge >= 0.3 is 13.8 Å². The second kappa shape index (κ2) is 45.7. The van der Waals surface area contributed by atoms with E-state index in [0.29, 0.717) is 12.8 Å². The lowest BCUT2D eigenvalue weighted by molar-refractivity contribution is -0.147. The lowest BCUT2D eigenvalue weighted by Gasteiger charge is -2.15. The molecule has 3 N–H and O–H groups in total. The number of phosphoric ester groups is 1. The number of amides is 1. The SMILES string of the molecule is CC/C=C\C/C=C\C/C=C\C/C=C\C/C=C\C/C=C\C/C=C\CCCC(=O)OCC(O)COP(=O)(O)OCCNC(=O)CCCCCCCCCCCCCCCCCC. The Balaban J connectivity index is 3.70. The normalized spacial score (nSPS) is 14.0. The summed E-state index contributed by atoms with van der Waals surface area (Å²) in [5, 5.41) is 12.7. The maximum absolute atomic E-state index is 12.1. The van der Waals surface area contributed by atoms with Crippen LogP contribution in [0.3, 0.4) is 0 Å². The van der Waals surface area contributed by atoms with Gasteiger partial charge in [0.1, 0.15) is 12.7 Å². The third kappa shape index (κ3) is 46.3. The van der Waals surface area contributed by atoms with E-state index in [-0.39, 0.29) is 32.1 Å². The Hall–Kier alpha value is -2.81. The number of esters is 1. The van der Waals surface area contributed by atoms with Crippen LogP contribution in [0, 0.1) is 0 Å². The molecule has 0 aromatic carbocycles. The molecule has 0 radical (unpaired) electrons. The van der Waals surface area contributed by atoms with E-state index < -0.39 is 26.5 Å². The topological polar surface area (TPSA) is 131 Å². The average molecular weight is 860 g/mol. The minimum absolute atomic E-state index is 0.0729. The van der Waals surface area contributed by atoms with Gasteiger partial charge in [0.25, 0.3) is 0 Å². The molecule has 344 valence electrons. The highest BCUT2D eigenvalue weighted by Crippen LogP contribution is 2.42. The molecule has 1 amide bonds. The number of unbranched alkanes of at least 4 members (excludes halogenated alkanes) is 16. The highest BCUT2D eigenvalue weighted by atomic mass is 31.2. The molecule has 0 aliphatic rings. The molecule has 0 bridgehead atoms. The van der Waals surface area contributed by atoms with Gasteiger partial charge < -0.3 is 20.1 Å². The first kappa shape index (κ1) is 57.2. The van der Waals surface area contributed by atoms with Gasteiger partial charge in [0.15, 0.2) is 0 Å². The van der Waals surface area contributed by atoms with E-state index in [4.69, 9.17) is 13.8 Å². The van der Waals surface area contributed by atoms with Crippen molar-refractivity contribution in [2.75, 3.05) is 26.4 Å². The molecular formula is C50H86NO8P. The molecule has 0 aromatic rings. The third-order valence-electron chi connectivity index (χ3n) is 9.59. The molecule has 9 nitrogen and oxygen atoms in total. The third-order valence-corrected chi connectivity index (χ3v) is 10.6. The molecule has 2 unspecified atom stereocenters. The van der Waals surface area contributed by atoms with Crippen molar-refractivity contribution in [3.05, 3.63) is 85.1 Å². The first-order valence-electron chi connectivity index (χ1n) is 23.6. The molecule has 0 saturated carbocycles. The summed E-state index contributed by atoms with van der Waals surface area (Å²) in [6.07, 6.45) is 58.1. The van der Waals surface area contributed by atoms with Crippen molar-refractivity contribution in [2.24, 2.45) is 0 Å². The molecule has 10 heteroatoms. The van der Waals surface area contributed by atoms with Crippen molar-refractivity contribution in [2.45, 2.75) is 193 Å². The Bertz CT molecular complexity index is 1250. The average Bonchev–Trinajstić information content (AvgIpc) is 3.23. The molecule has 0 aromatic heterocycles. The van der Waals surface area contributed by atoms with Crippen LogP contribution < -0.4 is 5.32 Å². The number of aliphatic hydroxyl groups is 1. The molecule has 2 atom stereocenters. The Labute approximate surface area is 366 Å². The maximum atomic E-state index is 12.1. The Morgan fingerprint density at radius 3 is 1.40 bits per heavy atom. The number of ether oxygens (including phenoxy) is 1. The van der Waals surface area contributed by atoms with E-state index in [1.807, 2.05) is 6.08 Å². The van der Waals surface area contributed by atoms with Gasteiger partial charge in [-0.25, -0.2) is 4.57 Å². The smallest absolute Gasteiger partial charge is 0.463 e. The van der Waals surface area contributed by atoms with Crippen LogP contribution in [-0.4, -0.2) is 54.3 Å². The fraction of sp³-hybridized carbons (Fsp3) is 0.680. The first-order chi connectivity index (χ1) is 29.3. The van der Waals surface area contributed by atoms with Crippen LogP contribution in [0.2, 0.25) is 0 Å². The minimum atomic E-state index is -4.44. The summed E-state index contributed by atoms with van der Waals surface area (Å²) in [4.78, 5) is 34.0. The Morgan fingerprint density at radius 2 is 0.950 bits per heavy atom. The zero-order valence-electron chi connectivity index (χ0n) is 37.9. The largest absolute Gasteiger partial charge is 0.472 e. The van der Waals surface area contributed by atoms with Gasteiger partial charge in [-0.05, 0) is 64.2 Å². The summed E-state index contributed by atoms with van der Waals surface area (Å²) in [6.45, 7) is 3.38. The number of hydrogen-bond donors (Lipinski definition) is 3. The number of carbonyl (C=O) groups excluding carboxylic acids is 2. The van der Waals surface area contributed by atoms with Crippen LogP contribution in [0.15, 0.2) is 85.1 Å². The summed E-state index contributed by atoms with van der Waals surface area (Å²) in [5.74, 6) is -0.579. The molecule has 0 heterocycles. The second-order valence-corrected chi connectivity index (χ2v) is 16.8. The van der Waals surface area contributed by atoms with Gasteiger partial charge in [-0.3, -0.25) is 18.6 Å². The fourth-order valence-electron chi connectivity index (χ4n) is 6.08. The zero-order chi connectivity index (χ0) is 43.9. The lowest BCUT2D eigenvalue weighted by Crippen LogP contribution is -2.27. The molecule has 0 fully saturated rings. The quantitative estimate of drug-likeness (QED) is 0.0239. The van der Waals surface area contributed by atoms with Crippen LogP contribution in [0.1, 0.15) is 187 Å². The first-order valence-corrected chi connectivity index (χ1v) is 25.1. The maximum Gasteiger partial charge on any atom is 0.472 e. The molecular weight excluding hydrogens is 774 g/mol. The van der Waals surface area contributed by atoms with Gasteiger partial charge in [-0.2, -0.15) is 0 Å². The van der Waals surface area contributed by atoms with E-state index in [9.17, 15) is 24.2 Å². The van der Waals surface area contributed by atoms with E-state index >= 15 is 0 Å². The number of allylic oxidation sites excluding steroid dienone is 14. The monoisotopic (exact) mass is 860 g/mol. The highest BCUT2D eigenvalue weighted by molar-refractivity contribution is 7.47. The fourth-order valence-corrected chi connectivity index (χ4v) is 6.83. The number of rotatable bonds is 43. The van der Waals surface area contributed by atoms with Crippen LogP contribution in [0.25, 0.3) is 0 Å². The summed E-state index contributed by atoms with van der Waals surface area (Å²) in [6, 6.07) is 0. The number of hydrogen-bond acceptors (Lipinski definition) is 7. The predicted molar refractivity (Wildman–Crippen MR) is 252 cm³/mol. The molecule has 0 aliphatic carbocycles. The lowest BCUT2D eigenvalue weighted by atomic mass is 10.0. The van der Waals surface area contributed by atoms with E-state index in [0.717, 1.165) is 70.6 Å². The minimum Gasteiger partial charge on any atom is -0.463 e. The number of aliphatic hydroxyl groups excluding tert-OH is 1. The van der Waals surface area contributed by atoms with Crippen molar-refractivity contribution < 1.29 is 37.9 Å². The Morgan fingerprint density at radius 1 is 0.533 bits per heavy atom. The van der Waals surface area contributed by atoms with E-state index in [1.54, 1.807) is 0 Å². The van der Waals surface area contributed by atoms with Gasteiger partial charge in [0.05, 0.1) is 13.2 Å². The summed E-state index contributed by atoms with van der Waals surface area (Å²) in [5.41, 5.74) is 0. The zero-order valence-corrected chi connectivity index (χ0v) is 38.8. The molecule has 0 rings (SSSR count). The number of phosphoric acid groups is 1. The number of nitrogens with one attached hydrogen (secondary N) is 1. The van der Waals surface area contributed by atoms with Crippen molar-refractivity contribution in [1.82, 2.24) is 5.32 Å². The van der Waals surface area contributed by atoms with E-state index in [2.05, 4.69) is 98.2 Å². The molecule has 60 heavy (non-hydrogen) atoms. The van der Waals surface area contributed by atoms with Crippen LogP contribution in [-0.2, 0) is 27.9 Å². The summed E-state index contributed by atoms with van der Waals surface area (Å²) >= 11 is 0. The van der Waals surface area contributed by atoms with E-state index in [1.165, 1.54) is 83.5 Å². The highest BCUT2D eigenvalue weighted by Gasteiger charge is 2.23. The predicted octanol–water partition coefficient (Wildman–Crippen LogP) is 13.6. The van der Waals surface area contributed by atoms with Gasteiger partial charge in [-0.15, -0.1) is 0 Å². The molecule has 0 saturated heterocycles. The van der Waals surface area contributed by atoms with Gasteiger partial charge in [-0.1, -0.05) is 195 Å². The molecule has 0 aliphatic heterocycles.